The van der Waals surface area contributed by atoms with Gasteiger partial charge in [-0.25, -0.2) is 24.4 Å². The Morgan fingerprint density at radius 1 is 1.47 bits per heavy atom. The summed E-state index contributed by atoms with van der Waals surface area (Å²) in [6, 6.07) is 1.72. The van der Waals surface area contributed by atoms with Gasteiger partial charge in [0.2, 0.25) is 0 Å². The predicted octanol–water partition coefficient (Wildman–Crippen LogP) is 1.48. The standard InChI is InChI=1S/C11H10BrN5O2/c1-19-11(18)10-13-5-17(16-10)8-4-7(12)14-9(15-8)6-2-3-6/h4-6H,2-3H2,1H3. The first-order chi connectivity index (χ1) is 9.17. The lowest BCUT2D eigenvalue weighted by atomic mass is 10.4. The molecule has 98 valence electrons. The highest BCUT2D eigenvalue weighted by atomic mass is 79.9. The molecule has 8 heteroatoms. The van der Waals surface area contributed by atoms with Gasteiger partial charge < -0.3 is 4.74 Å². The Kier molecular flexibility index (Phi) is 3.02. The van der Waals surface area contributed by atoms with E-state index in [9.17, 15) is 4.79 Å². The normalized spacial score (nSPS) is 14.4. The average Bonchev–Trinajstić information content (AvgIpc) is 3.14. The molecule has 0 aromatic carbocycles. The van der Waals surface area contributed by atoms with Crippen LogP contribution >= 0.6 is 15.9 Å². The van der Waals surface area contributed by atoms with E-state index < -0.39 is 5.97 Å². The molecule has 0 amide bonds. The topological polar surface area (TPSA) is 82.8 Å². The van der Waals surface area contributed by atoms with Crippen molar-refractivity contribution in [1.82, 2.24) is 24.7 Å². The minimum absolute atomic E-state index is 0.00482. The van der Waals surface area contributed by atoms with E-state index in [-0.39, 0.29) is 5.82 Å². The lowest BCUT2D eigenvalue weighted by molar-refractivity contribution is 0.0587. The van der Waals surface area contributed by atoms with E-state index in [1.165, 1.54) is 18.1 Å². The van der Waals surface area contributed by atoms with Gasteiger partial charge >= 0.3 is 5.97 Å². The molecule has 1 fully saturated rings. The van der Waals surface area contributed by atoms with E-state index in [1.54, 1.807) is 6.07 Å². The van der Waals surface area contributed by atoms with E-state index in [2.05, 4.69) is 40.7 Å². The molecule has 2 aromatic rings. The van der Waals surface area contributed by atoms with E-state index in [0.29, 0.717) is 16.3 Å². The Morgan fingerprint density at radius 2 is 2.26 bits per heavy atom. The van der Waals surface area contributed by atoms with Crippen molar-refractivity contribution < 1.29 is 9.53 Å². The number of halogens is 1. The summed E-state index contributed by atoms with van der Waals surface area (Å²) in [7, 11) is 1.29. The fraction of sp³-hybridized carbons (Fsp3) is 0.364. The van der Waals surface area contributed by atoms with Crippen molar-refractivity contribution in [3.63, 3.8) is 0 Å². The summed E-state index contributed by atoms with van der Waals surface area (Å²) in [5.74, 6) is 1.23. The number of hydrogen-bond acceptors (Lipinski definition) is 6. The smallest absolute Gasteiger partial charge is 0.377 e. The largest absolute Gasteiger partial charge is 0.463 e. The van der Waals surface area contributed by atoms with Crippen LogP contribution in [0.1, 0.15) is 35.2 Å². The molecule has 1 saturated carbocycles. The second-order valence-corrected chi connectivity index (χ2v) is 5.00. The molecule has 1 aliphatic rings. The van der Waals surface area contributed by atoms with Crippen LogP contribution in [0.25, 0.3) is 5.82 Å². The molecule has 0 bridgehead atoms. The van der Waals surface area contributed by atoms with Gasteiger partial charge in [0.1, 0.15) is 16.8 Å². The Labute approximate surface area is 117 Å². The second-order valence-electron chi connectivity index (χ2n) is 4.19. The zero-order chi connectivity index (χ0) is 13.4. The maximum atomic E-state index is 11.3. The van der Waals surface area contributed by atoms with Crippen LogP contribution in [-0.2, 0) is 4.74 Å². The van der Waals surface area contributed by atoms with Gasteiger partial charge in [0.05, 0.1) is 7.11 Å². The van der Waals surface area contributed by atoms with Crippen LogP contribution in [-0.4, -0.2) is 37.8 Å². The van der Waals surface area contributed by atoms with Crippen LogP contribution in [0.4, 0.5) is 0 Å². The van der Waals surface area contributed by atoms with E-state index in [4.69, 9.17) is 0 Å². The van der Waals surface area contributed by atoms with Crippen LogP contribution in [0.5, 0.6) is 0 Å². The molecule has 0 unspecified atom stereocenters. The van der Waals surface area contributed by atoms with Crippen molar-refractivity contribution in [2.45, 2.75) is 18.8 Å². The average molecular weight is 324 g/mol. The highest BCUT2D eigenvalue weighted by Crippen LogP contribution is 2.38. The highest BCUT2D eigenvalue weighted by molar-refractivity contribution is 9.10. The van der Waals surface area contributed by atoms with Gasteiger partial charge in [-0.1, -0.05) is 0 Å². The minimum Gasteiger partial charge on any atom is -0.463 e. The van der Waals surface area contributed by atoms with Crippen LogP contribution in [0, 0.1) is 0 Å². The molecular weight excluding hydrogens is 314 g/mol. The molecule has 0 radical (unpaired) electrons. The molecule has 0 aliphatic heterocycles. The molecule has 0 spiro atoms. The summed E-state index contributed by atoms with van der Waals surface area (Å²) in [4.78, 5) is 24.0. The van der Waals surface area contributed by atoms with Gasteiger partial charge in [0, 0.05) is 12.0 Å². The number of esters is 1. The monoisotopic (exact) mass is 323 g/mol. The van der Waals surface area contributed by atoms with Crippen molar-refractivity contribution in [2.75, 3.05) is 7.11 Å². The van der Waals surface area contributed by atoms with Gasteiger partial charge in [0.25, 0.3) is 5.82 Å². The van der Waals surface area contributed by atoms with Crippen molar-refractivity contribution >= 4 is 21.9 Å². The van der Waals surface area contributed by atoms with Crippen molar-refractivity contribution in [3.8, 4) is 5.82 Å². The Bertz CT molecular complexity index is 638. The number of hydrogen-bond donors (Lipinski definition) is 0. The first kappa shape index (κ1) is 12.2. The third kappa shape index (κ3) is 2.48. The van der Waals surface area contributed by atoms with E-state index in [1.807, 2.05) is 0 Å². The molecule has 0 atom stereocenters. The summed E-state index contributed by atoms with van der Waals surface area (Å²) in [5.41, 5.74) is 0. The third-order valence-corrected chi connectivity index (χ3v) is 3.14. The predicted molar refractivity (Wildman–Crippen MR) is 68.0 cm³/mol. The molecule has 2 aromatic heterocycles. The van der Waals surface area contributed by atoms with Gasteiger partial charge in [-0.05, 0) is 28.8 Å². The summed E-state index contributed by atoms with van der Waals surface area (Å²) < 4.78 is 6.69. The summed E-state index contributed by atoms with van der Waals surface area (Å²) in [5, 5.41) is 4.03. The van der Waals surface area contributed by atoms with Crippen molar-refractivity contribution in [2.24, 2.45) is 0 Å². The van der Waals surface area contributed by atoms with Crippen molar-refractivity contribution in [1.29, 1.82) is 0 Å². The quantitative estimate of drug-likeness (QED) is 0.628. The van der Waals surface area contributed by atoms with Gasteiger partial charge in [-0.3, -0.25) is 0 Å². The molecule has 7 nitrogen and oxygen atoms in total. The van der Waals surface area contributed by atoms with E-state index in [0.717, 1.165) is 18.7 Å². The van der Waals surface area contributed by atoms with E-state index >= 15 is 0 Å². The third-order valence-electron chi connectivity index (χ3n) is 2.74. The maximum Gasteiger partial charge on any atom is 0.377 e. The number of aromatic nitrogens is 5. The Hall–Kier alpha value is -1.83. The number of methoxy groups -OCH3 is 1. The SMILES string of the molecule is COC(=O)c1ncn(-c2cc(Br)nc(C3CC3)n2)n1. The Balaban J connectivity index is 1.97. The lowest BCUT2D eigenvalue weighted by Gasteiger charge is -2.03. The Morgan fingerprint density at radius 3 is 2.95 bits per heavy atom. The van der Waals surface area contributed by atoms with Crippen LogP contribution < -0.4 is 0 Å². The van der Waals surface area contributed by atoms with Crippen LogP contribution in [0.15, 0.2) is 17.0 Å². The van der Waals surface area contributed by atoms with Crippen molar-refractivity contribution in [3.05, 3.63) is 28.6 Å². The zero-order valence-corrected chi connectivity index (χ0v) is 11.7. The second kappa shape index (κ2) is 4.69. The molecule has 2 heterocycles. The first-order valence-corrected chi connectivity index (χ1v) is 6.51. The van der Waals surface area contributed by atoms with Gasteiger partial charge in [-0.15, -0.1) is 5.10 Å². The summed E-state index contributed by atoms with van der Waals surface area (Å²) in [6.07, 6.45) is 3.65. The molecule has 0 saturated heterocycles. The number of carbonyl (C=O) groups excluding carboxylic acids is 1. The zero-order valence-electron chi connectivity index (χ0n) is 10.1. The maximum absolute atomic E-state index is 11.3. The highest BCUT2D eigenvalue weighted by Gasteiger charge is 2.27. The minimum atomic E-state index is -0.575. The fourth-order valence-corrected chi connectivity index (χ4v) is 2.01. The summed E-state index contributed by atoms with van der Waals surface area (Å²) >= 11 is 3.35. The molecule has 19 heavy (non-hydrogen) atoms. The van der Waals surface area contributed by atoms with Crippen LogP contribution in [0.2, 0.25) is 0 Å². The molecule has 0 N–H and O–H groups in total. The van der Waals surface area contributed by atoms with Gasteiger partial charge in [-0.2, -0.15) is 0 Å². The number of rotatable bonds is 3. The van der Waals surface area contributed by atoms with Gasteiger partial charge in [0.15, 0.2) is 5.82 Å². The number of carbonyl (C=O) groups is 1. The number of nitrogens with zero attached hydrogens (tertiary/aromatic N) is 5. The molecule has 1 aliphatic carbocycles. The fourth-order valence-electron chi connectivity index (χ4n) is 1.62. The lowest BCUT2D eigenvalue weighted by Crippen LogP contribution is -2.07. The number of ether oxygens (including phenoxy) is 1. The summed E-state index contributed by atoms with van der Waals surface area (Å²) in [6.45, 7) is 0. The molecular formula is C11H10BrN5O2. The molecule has 3 rings (SSSR count). The van der Waals surface area contributed by atoms with Crippen LogP contribution in [0.3, 0.4) is 0 Å². The first-order valence-electron chi connectivity index (χ1n) is 5.72.